The first kappa shape index (κ1) is 50.6. The molecule has 6 N–H and O–H groups in total. The van der Waals surface area contributed by atoms with Crippen molar-refractivity contribution >= 4 is 61.6 Å². The average molecular weight is 1010 g/mol. The molecule has 0 atom stereocenters. The molecule has 0 fully saturated rings. The number of hydrogen-bond donors (Lipinski definition) is 4. The van der Waals surface area contributed by atoms with E-state index in [0.717, 1.165) is 35.4 Å². The van der Waals surface area contributed by atoms with Gasteiger partial charge in [-0.05, 0) is 41.5 Å². The number of carbonyl (C=O) groups excluding carboxylic acids is 4. The maximum absolute atomic E-state index is 14.4. The van der Waals surface area contributed by atoms with Crippen LogP contribution in [0.3, 0.4) is 0 Å². The zero-order valence-corrected chi connectivity index (χ0v) is 40.7. The minimum atomic E-state index is -0.658. The first-order valence-corrected chi connectivity index (χ1v) is 26.9. The monoisotopic (exact) mass is 1010 g/mol. The summed E-state index contributed by atoms with van der Waals surface area (Å²) in [5.74, 6) is 9.54. The van der Waals surface area contributed by atoms with Crippen molar-refractivity contribution in [2.75, 3.05) is 38.7 Å². The van der Waals surface area contributed by atoms with Crippen LogP contribution in [0.25, 0.3) is 0 Å². The Labute approximate surface area is 385 Å². The molecule has 4 aromatic rings. The van der Waals surface area contributed by atoms with Gasteiger partial charge in [0.2, 0.25) is 0 Å². The van der Waals surface area contributed by atoms with Crippen LogP contribution in [-0.2, 0) is 22.6 Å². The minimum absolute atomic E-state index is 0.0291. The van der Waals surface area contributed by atoms with Gasteiger partial charge in [-0.2, -0.15) is 0 Å². The van der Waals surface area contributed by atoms with Gasteiger partial charge in [0.05, 0.1) is 0 Å². The maximum atomic E-state index is 14.4. The van der Waals surface area contributed by atoms with Crippen molar-refractivity contribution in [2.45, 2.75) is 76.5 Å². The van der Waals surface area contributed by atoms with Crippen molar-refractivity contribution in [3.8, 4) is 23.7 Å². The molecule has 0 heterocycles. The van der Waals surface area contributed by atoms with Crippen LogP contribution in [0.5, 0.6) is 0 Å². The normalized spacial score (nSPS) is 11.0. The van der Waals surface area contributed by atoms with E-state index in [1.165, 1.54) is 9.80 Å². The Hall–Kier alpha value is -6.02. The molecule has 16 heteroatoms. The van der Waals surface area contributed by atoms with Crippen molar-refractivity contribution in [3.63, 3.8) is 0 Å². The number of rotatable bonds is 13. The van der Waals surface area contributed by atoms with Crippen LogP contribution in [0.1, 0.15) is 95.6 Å². The molecule has 0 unspecified atom stereocenters. The number of benzene rings is 4. The van der Waals surface area contributed by atoms with E-state index >= 15 is 0 Å². The van der Waals surface area contributed by atoms with Crippen LogP contribution in [0.15, 0.2) is 72.8 Å². The predicted molar refractivity (Wildman–Crippen MR) is 248 cm³/mol. The molecule has 0 saturated heterocycles. The van der Waals surface area contributed by atoms with Gasteiger partial charge >= 0.3 is 278 Å². The number of anilines is 2. The number of nitrogens with two attached hydrogens (primary N) is 2. The number of ether oxygens (including phenoxy) is 2. The number of carbonyl (C=O) groups is 4. The van der Waals surface area contributed by atoms with Gasteiger partial charge in [-0.15, -0.1) is 0 Å². The molecule has 0 radical (unpaired) electrons. The van der Waals surface area contributed by atoms with Gasteiger partial charge in [-0.25, -0.2) is 9.59 Å². The second kappa shape index (κ2) is 23.1. The number of nitrogen functional groups attached to an aromatic ring is 2. The summed E-state index contributed by atoms with van der Waals surface area (Å²) in [6.07, 6.45) is -0.872. The summed E-state index contributed by atoms with van der Waals surface area (Å²) in [5.41, 5.74) is 14.6. The molecule has 0 spiro atoms. The molecular weight excluding hydrogens is 952 g/mol. The van der Waals surface area contributed by atoms with E-state index in [9.17, 15) is 28.0 Å². The van der Waals surface area contributed by atoms with Crippen molar-refractivity contribution in [1.29, 1.82) is 0 Å². The SMILES string of the molecule is CN(Cc1ccc(C#Cc2c(N)cc(F)cc2C(=O)NCC[Se][Se]CCNC(=O)c2cc(F)cc(N)c2C#Cc2ccc(CN(C)C(=O)OC(C)(C)C)cc2)cc1)C(=O)OC(C)(C)C. The van der Waals surface area contributed by atoms with Crippen LogP contribution in [0.4, 0.5) is 29.7 Å². The second-order valence-electron chi connectivity index (χ2n) is 16.6. The third-order valence-corrected chi connectivity index (χ3v) is 16.0. The van der Waals surface area contributed by atoms with E-state index in [0.29, 0.717) is 47.9 Å². The van der Waals surface area contributed by atoms with Crippen molar-refractivity contribution in [2.24, 2.45) is 0 Å². The molecule has 0 aliphatic heterocycles. The van der Waals surface area contributed by atoms with Crippen LogP contribution in [0, 0.1) is 35.3 Å². The Bertz CT molecular complexity index is 2280. The number of amides is 4. The minimum Gasteiger partial charge on any atom is -0.444 e. The number of hydrogen-bond acceptors (Lipinski definition) is 8. The fraction of sp³-hybridized carbons (Fsp3) is 0.333. The number of halogens is 2. The van der Waals surface area contributed by atoms with Crippen LogP contribution in [0.2, 0.25) is 10.6 Å². The molecule has 0 aliphatic rings. The van der Waals surface area contributed by atoms with E-state index < -0.39 is 46.8 Å². The van der Waals surface area contributed by atoms with Crippen molar-refractivity contribution in [1.82, 2.24) is 20.4 Å². The average Bonchev–Trinajstić information content (AvgIpc) is 3.20. The van der Waals surface area contributed by atoms with Crippen molar-refractivity contribution in [3.05, 3.63) is 129 Å². The molecule has 12 nitrogen and oxygen atoms in total. The van der Waals surface area contributed by atoms with Gasteiger partial charge in [0.25, 0.3) is 0 Å². The smallest absolute Gasteiger partial charge is 0.410 e. The first-order valence-electron chi connectivity index (χ1n) is 20.2. The van der Waals surface area contributed by atoms with Crippen LogP contribution < -0.4 is 22.1 Å². The summed E-state index contributed by atoms with van der Waals surface area (Å²) >= 11 is 0.339. The fourth-order valence-electron chi connectivity index (χ4n) is 5.63. The van der Waals surface area contributed by atoms with Gasteiger partial charge in [-0.1, -0.05) is 0 Å². The largest absolute Gasteiger partial charge is 0.444 e. The molecule has 338 valence electrons. The molecular formula is C48H54F2N6O6Se2. The van der Waals surface area contributed by atoms with Crippen LogP contribution >= 0.6 is 0 Å². The Balaban J connectivity index is 1.25. The van der Waals surface area contributed by atoms with Gasteiger partial charge < -0.3 is 19.3 Å². The fourth-order valence-corrected chi connectivity index (χ4v) is 11.3. The molecule has 4 aromatic carbocycles. The summed E-state index contributed by atoms with van der Waals surface area (Å²) < 4.78 is 39.6. The van der Waals surface area contributed by atoms with E-state index in [4.69, 9.17) is 20.9 Å². The van der Waals surface area contributed by atoms with E-state index in [1.54, 1.807) is 79.9 Å². The van der Waals surface area contributed by atoms with E-state index in [-0.39, 0.29) is 59.9 Å². The van der Waals surface area contributed by atoms with Gasteiger partial charge in [0.15, 0.2) is 0 Å². The van der Waals surface area contributed by atoms with Crippen LogP contribution in [-0.4, -0.2) is 98.5 Å². The van der Waals surface area contributed by atoms with E-state index in [2.05, 4.69) is 34.3 Å². The Morgan fingerprint density at radius 2 is 0.938 bits per heavy atom. The first-order chi connectivity index (χ1) is 30.1. The summed E-state index contributed by atoms with van der Waals surface area (Å²) in [4.78, 5) is 54.0. The maximum Gasteiger partial charge on any atom is 0.410 e. The second-order valence-corrected chi connectivity index (χ2v) is 24.4. The summed E-state index contributed by atoms with van der Waals surface area (Å²) in [5, 5.41) is 7.08. The third kappa shape index (κ3) is 16.6. The van der Waals surface area contributed by atoms with Gasteiger partial charge in [0.1, 0.15) is 11.2 Å². The van der Waals surface area contributed by atoms with Gasteiger partial charge in [0, 0.05) is 27.2 Å². The molecule has 64 heavy (non-hydrogen) atoms. The zero-order valence-electron chi connectivity index (χ0n) is 37.2. The molecule has 4 amide bonds. The number of nitrogens with zero attached hydrogens (tertiary/aromatic N) is 2. The molecule has 4 rings (SSSR count). The third-order valence-electron chi connectivity index (χ3n) is 8.60. The summed E-state index contributed by atoms with van der Waals surface area (Å²) in [6, 6.07) is 18.9. The quantitative estimate of drug-likeness (QED) is 0.0482. The molecule has 0 aliphatic carbocycles. The van der Waals surface area contributed by atoms with Crippen molar-refractivity contribution < 1.29 is 37.4 Å². The predicted octanol–water partition coefficient (Wildman–Crippen LogP) is 6.98. The molecule has 0 saturated carbocycles. The molecule has 0 bridgehead atoms. The standard InChI is InChI=1S/C48H54F2N6O6Se2/c1-47(2,3)61-45(59)55(7)29-33-13-9-31(10-14-33)17-19-37-39(25-35(49)27-41(37)51)43(57)53-21-23-63-64-24-22-54-44(58)40-26-36(50)28-42(52)38(40)20-18-32-11-15-34(16-12-32)30-56(8)46(60)62-48(4,5)6/h9-16,25-28H,21-24,29-30,51-52H2,1-8H3,(H,53,57)(H,54,58). The zero-order chi connectivity index (χ0) is 47.2. The Kier molecular flexibility index (Phi) is 18.2. The topological polar surface area (TPSA) is 169 Å². The Morgan fingerprint density at radius 1 is 0.594 bits per heavy atom. The summed E-state index contributed by atoms with van der Waals surface area (Å²) in [7, 11) is 3.31. The Morgan fingerprint density at radius 3 is 1.27 bits per heavy atom. The van der Waals surface area contributed by atoms with Gasteiger partial charge in [-0.3, -0.25) is 0 Å². The summed E-state index contributed by atoms with van der Waals surface area (Å²) in [6.45, 7) is 12.2. The number of nitrogens with one attached hydrogen (secondary N) is 2. The molecule has 0 aromatic heterocycles. The van der Waals surface area contributed by atoms with E-state index in [1.807, 2.05) is 24.3 Å².